The first-order chi connectivity index (χ1) is 11.1. The van der Waals surface area contributed by atoms with E-state index in [0.29, 0.717) is 11.4 Å². The lowest BCUT2D eigenvalue weighted by Gasteiger charge is -2.31. The molecule has 0 bridgehead atoms. The first-order valence-corrected chi connectivity index (χ1v) is 8.59. The number of amides is 2. The van der Waals surface area contributed by atoms with Gasteiger partial charge in [-0.3, -0.25) is 14.7 Å². The zero-order valence-corrected chi connectivity index (χ0v) is 14.0. The van der Waals surface area contributed by atoms with Crippen molar-refractivity contribution in [2.75, 3.05) is 6.54 Å². The number of nitrogens with zero attached hydrogens (tertiary/aromatic N) is 1. The zero-order valence-electron chi connectivity index (χ0n) is 13.2. The number of hydrogen-bond acceptors (Lipinski definition) is 4. The van der Waals surface area contributed by atoms with Crippen molar-refractivity contribution in [3.63, 3.8) is 0 Å². The monoisotopic (exact) mass is 332 g/mol. The van der Waals surface area contributed by atoms with E-state index in [2.05, 4.69) is 34.7 Å². The van der Waals surface area contributed by atoms with E-state index in [0.717, 1.165) is 23.4 Å². The van der Waals surface area contributed by atoms with Crippen molar-refractivity contribution in [3.05, 3.63) is 29.3 Å². The second kappa shape index (κ2) is 6.16. The van der Waals surface area contributed by atoms with E-state index in [1.54, 1.807) is 12.3 Å². The summed E-state index contributed by atoms with van der Waals surface area (Å²) in [5.41, 5.74) is 0.681. The molecule has 122 valence electrons. The number of rotatable bonds is 5. The first kappa shape index (κ1) is 15.7. The molecule has 6 nitrogen and oxygen atoms in total. The average Bonchev–Trinajstić information content (AvgIpc) is 3.28. The Bertz CT molecular complexity index is 703. The molecule has 1 fully saturated rings. The molecule has 7 heteroatoms. The molecule has 2 aromatic heterocycles. The molecule has 3 heterocycles. The third kappa shape index (κ3) is 2.76. The van der Waals surface area contributed by atoms with Gasteiger partial charge in [-0.2, -0.15) is 5.10 Å². The van der Waals surface area contributed by atoms with Crippen molar-refractivity contribution < 1.29 is 9.59 Å². The summed E-state index contributed by atoms with van der Waals surface area (Å²) in [6.45, 7) is 4.74. The predicted octanol–water partition coefficient (Wildman–Crippen LogP) is 2.17. The Hall–Kier alpha value is -2.15. The topological polar surface area (TPSA) is 86.9 Å². The molecular weight excluding hydrogens is 312 g/mol. The summed E-state index contributed by atoms with van der Waals surface area (Å²) in [4.78, 5) is 26.2. The van der Waals surface area contributed by atoms with Crippen molar-refractivity contribution in [2.24, 2.45) is 5.41 Å². The van der Waals surface area contributed by atoms with E-state index < -0.39 is 6.04 Å². The number of aromatic amines is 1. The van der Waals surface area contributed by atoms with Crippen LogP contribution in [0.15, 0.2) is 24.4 Å². The van der Waals surface area contributed by atoms with Crippen molar-refractivity contribution in [2.45, 2.75) is 32.7 Å². The van der Waals surface area contributed by atoms with Gasteiger partial charge in [0.1, 0.15) is 6.04 Å². The second-order valence-corrected chi connectivity index (χ2v) is 6.91. The minimum atomic E-state index is -0.470. The summed E-state index contributed by atoms with van der Waals surface area (Å²) in [5.74, 6) is -0.290. The Morgan fingerprint density at radius 1 is 1.39 bits per heavy atom. The summed E-state index contributed by atoms with van der Waals surface area (Å²) in [7, 11) is 0. The van der Waals surface area contributed by atoms with Crippen LogP contribution < -0.4 is 10.6 Å². The molecule has 2 amide bonds. The number of hydrogen-bond donors (Lipinski definition) is 3. The van der Waals surface area contributed by atoms with Crippen molar-refractivity contribution in [1.82, 2.24) is 20.8 Å². The molecule has 0 saturated carbocycles. The van der Waals surface area contributed by atoms with Gasteiger partial charge in [-0.25, -0.2) is 0 Å². The molecule has 3 N–H and O–H groups in total. The quantitative estimate of drug-likeness (QED) is 0.784. The highest BCUT2D eigenvalue weighted by Crippen LogP contribution is 2.34. The molecule has 1 unspecified atom stereocenters. The van der Waals surface area contributed by atoms with E-state index in [1.807, 2.05) is 12.1 Å². The van der Waals surface area contributed by atoms with Crippen molar-refractivity contribution >= 4 is 23.2 Å². The highest BCUT2D eigenvalue weighted by molar-refractivity contribution is 7.17. The fourth-order valence-electron chi connectivity index (χ4n) is 3.07. The van der Waals surface area contributed by atoms with Crippen LogP contribution >= 0.6 is 11.3 Å². The standard InChI is InChI=1S/C16H20N4O2S/c1-3-16(4-2)9-17-15(22)13(16)19-14(21)12-6-5-11(23-12)10-7-8-18-20-10/h5-8,13H,3-4,9H2,1-2H3,(H,17,22)(H,18,20)(H,19,21). The molecule has 1 aliphatic rings. The zero-order chi connectivity index (χ0) is 16.4. The molecule has 23 heavy (non-hydrogen) atoms. The van der Waals surface area contributed by atoms with E-state index in [-0.39, 0.29) is 17.2 Å². The van der Waals surface area contributed by atoms with E-state index in [9.17, 15) is 9.59 Å². The summed E-state index contributed by atoms with van der Waals surface area (Å²) in [6, 6.07) is 5.05. The number of aromatic nitrogens is 2. The average molecular weight is 332 g/mol. The minimum absolute atomic E-state index is 0.0904. The molecule has 0 radical (unpaired) electrons. The third-order valence-corrected chi connectivity index (χ3v) is 5.89. The number of carbonyl (C=O) groups excluding carboxylic acids is 2. The first-order valence-electron chi connectivity index (χ1n) is 7.78. The van der Waals surface area contributed by atoms with Gasteiger partial charge in [0.05, 0.1) is 15.4 Å². The Labute approximate surface area is 138 Å². The molecule has 0 aromatic carbocycles. The van der Waals surface area contributed by atoms with Crippen LogP contribution in [0.1, 0.15) is 36.4 Å². The lowest BCUT2D eigenvalue weighted by molar-refractivity contribution is -0.121. The van der Waals surface area contributed by atoms with Crippen LogP contribution in [0, 0.1) is 5.41 Å². The maximum atomic E-state index is 12.5. The highest BCUT2D eigenvalue weighted by Gasteiger charge is 2.46. The largest absolute Gasteiger partial charge is 0.354 e. The van der Waals surface area contributed by atoms with Crippen LogP contribution in [0.5, 0.6) is 0 Å². The molecule has 3 rings (SSSR count). The van der Waals surface area contributed by atoms with E-state index in [1.165, 1.54) is 11.3 Å². The normalized spacial score (nSPS) is 19.6. The smallest absolute Gasteiger partial charge is 0.262 e. The van der Waals surface area contributed by atoms with Crippen molar-refractivity contribution in [3.8, 4) is 10.6 Å². The molecule has 1 aliphatic heterocycles. The van der Waals surface area contributed by atoms with Crippen LogP contribution in [0.2, 0.25) is 0 Å². The molecule has 0 spiro atoms. The van der Waals surface area contributed by atoms with Crippen LogP contribution in [0.25, 0.3) is 10.6 Å². The molecule has 1 atom stereocenters. The fourth-order valence-corrected chi connectivity index (χ4v) is 3.96. The summed E-state index contributed by atoms with van der Waals surface area (Å²) >= 11 is 1.38. The molecular formula is C16H20N4O2S. The third-order valence-electron chi connectivity index (χ3n) is 4.77. The van der Waals surface area contributed by atoms with Crippen LogP contribution in [0.4, 0.5) is 0 Å². The SMILES string of the molecule is CCC1(CC)CNC(=O)C1NC(=O)c1ccc(-c2ccn[nH]2)s1. The number of H-pyrrole nitrogens is 1. The maximum Gasteiger partial charge on any atom is 0.262 e. The fraction of sp³-hybridized carbons (Fsp3) is 0.438. The Morgan fingerprint density at radius 3 is 2.83 bits per heavy atom. The van der Waals surface area contributed by atoms with Gasteiger partial charge in [-0.05, 0) is 31.0 Å². The van der Waals surface area contributed by atoms with E-state index >= 15 is 0 Å². The lowest BCUT2D eigenvalue weighted by Crippen LogP contribution is -2.48. The summed E-state index contributed by atoms with van der Waals surface area (Å²) < 4.78 is 0. The van der Waals surface area contributed by atoms with Gasteiger partial charge < -0.3 is 10.6 Å². The summed E-state index contributed by atoms with van der Waals surface area (Å²) in [5, 5.41) is 12.6. The van der Waals surface area contributed by atoms with Gasteiger partial charge in [0, 0.05) is 18.2 Å². The minimum Gasteiger partial charge on any atom is -0.354 e. The van der Waals surface area contributed by atoms with Gasteiger partial charge in [0.15, 0.2) is 0 Å². The number of nitrogens with one attached hydrogen (secondary N) is 3. The summed E-state index contributed by atoms with van der Waals surface area (Å²) in [6.07, 6.45) is 3.36. The van der Waals surface area contributed by atoms with Crippen LogP contribution in [0.3, 0.4) is 0 Å². The Kier molecular flexibility index (Phi) is 4.21. The van der Waals surface area contributed by atoms with Gasteiger partial charge >= 0.3 is 0 Å². The van der Waals surface area contributed by atoms with Crippen LogP contribution in [-0.2, 0) is 4.79 Å². The van der Waals surface area contributed by atoms with Gasteiger partial charge in [-0.15, -0.1) is 11.3 Å². The highest BCUT2D eigenvalue weighted by atomic mass is 32.1. The number of carbonyl (C=O) groups is 2. The molecule has 0 aliphatic carbocycles. The van der Waals surface area contributed by atoms with E-state index in [4.69, 9.17) is 0 Å². The van der Waals surface area contributed by atoms with Crippen LogP contribution in [-0.4, -0.2) is 34.6 Å². The molecule has 2 aromatic rings. The van der Waals surface area contributed by atoms with Gasteiger partial charge in [0.25, 0.3) is 5.91 Å². The van der Waals surface area contributed by atoms with Gasteiger partial charge in [-0.1, -0.05) is 13.8 Å². The Morgan fingerprint density at radius 2 is 2.17 bits per heavy atom. The van der Waals surface area contributed by atoms with Crippen molar-refractivity contribution in [1.29, 1.82) is 0 Å². The molecule has 1 saturated heterocycles. The maximum absolute atomic E-state index is 12.5. The number of thiophene rings is 1. The second-order valence-electron chi connectivity index (χ2n) is 5.83. The predicted molar refractivity (Wildman–Crippen MR) is 89.2 cm³/mol. The Balaban J connectivity index is 1.77. The lowest BCUT2D eigenvalue weighted by atomic mass is 9.77. The van der Waals surface area contributed by atoms with Gasteiger partial charge in [0.2, 0.25) is 5.91 Å².